The summed E-state index contributed by atoms with van der Waals surface area (Å²) >= 11 is 0. The van der Waals surface area contributed by atoms with Crippen LogP contribution in [0.4, 0.5) is 0 Å². The number of amides is 1. The lowest BCUT2D eigenvalue weighted by Gasteiger charge is -2.33. The van der Waals surface area contributed by atoms with E-state index < -0.39 is 10.2 Å². The Morgan fingerprint density at radius 2 is 2.14 bits per heavy atom. The molecule has 6 nitrogen and oxygen atoms in total. The smallest absolute Gasteiger partial charge is 0.274 e. The zero-order valence-corrected chi connectivity index (χ0v) is 14.7. The number of nitrogens with two attached hydrogens (primary N) is 1. The van der Waals surface area contributed by atoms with Gasteiger partial charge in [-0.05, 0) is 24.7 Å². The van der Waals surface area contributed by atoms with Gasteiger partial charge in [-0.25, -0.2) is 9.86 Å². The van der Waals surface area contributed by atoms with E-state index in [0.717, 1.165) is 25.8 Å². The minimum atomic E-state index is -3.65. The molecule has 2 unspecified atom stereocenters. The highest BCUT2D eigenvalue weighted by molar-refractivity contribution is 7.87. The molecule has 0 saturated carbocycles. The van der Waals surface area contributed by atoms with Crippen LogP contribution in [0.3, 0.4) is 0 Å². The summed E-state index contributed by atoms with van der Waals surface area (Å²) in [5, 5.41) is 4.95. The summed E-state index contributed by atoms with van der Waals surface area (Å²) in [4.78, 5) is 14.2. The van der Waals surface area contributed by atoms with Crippen LogP contribution < -0.4 is 9.86 Å². The van der Waals surface area contributed by atoms with Gasteiger partial charge in [-0.1, -0.05) is 39.5 Å². The van der Waals surface area contributed by atoms with Crippen molar-refractivity contribution in [1.82, 2.24) is 9.62 Å². The van der Waals surface area contributed by atoms with Crippen molar-refractivity contribution in [2.75, 3.05) is 19.6 Å². The molecule has 2 atom stereocenters. The molecule has 0 radical (unpaired) electrons. The minimum Gasteiger partial charge on any atom is -0.342 e. The number of carbonyl (C=O) groups is 1. The topological polar surface area (TPSA) is 92.5 Å². The monoisotopic (exact) mass is 333 g/mol. The molecule has 0 aromatic rings. The molecular formula is C15H31N3O3S. The minimum absolute atomic E-state index is 0.159. The van der Waals surface area contributed by atoms with Gasteiger partial charge in [0.2, 0.25) is 5.91 Å². The molecule has 1 aliphatic heterocycles. The van der Waals surface area contributed by atoms with Crippen molar-refractivity contribution in [3.05, 3.63) is 0 Å². The molecule has 130 valence electrons. The van der Waals surface area contributed by atoms with E-state index in [2.05, 4.69) is 18.6 Å². The van der Waals surface area contributed by atoms with Gasteiger partial charge in [-0.15, -0.1) is 0 Å². The third kappa shape index (κ3) is 8.10. The van der Waals surface area contributed by atoms with Crippen molar-refractivity contribution in [2.45, 2.75) is 58.8 Å². The lowest BCUT2D eigenvalue weighted by molar-refractivity contribution is -0.133. The summed E-state index contributed by atoms with van der Waals surface area (Å²) in [5.74, 6) is 0.776. The normalized spacial score (nSPS) is 20.9. The number of nitrogens with one attached hydrogen (secondary N) is 1. The predicted octanol–water partition coefficient (Wildman–Crippen LogP) is 1.62. The van der Waals surface area contributed by atoms with E-state index in [4.69, 9.17) is 5.14 Å². The van der Waals surface area contributed by atoms with Crippen molar-refractivity contribution >= 4 is 16.1 Å². The molecule has 0 aromatic carbocycles. The van der Waals surface area contributed by atoms with Crippen molar-refractivity contribution in [3.8, 4) is 0 Å². The average molecular weight is 333 g/mol. The molecule has 0 aliphatic carbocycles. The first-order chi connectivity index (χ1) is 10.3. The van der Waals surface area contributed by atoms with Gasteiger partial charge in [0.15, 0.2) is 0 Å². The number of likely N-dealkylation sites (tertiary alicyclic amines) is 1. The summed E-state index contributed by atoms with van der Waals surface area (Å²) in [7, 11) is -3.65. The van der Waals surface area contributed by atoms with E-state index in [-0.39, 0.29) is 11.8 Å². The third-order valence-corrected chi connectivity index (χ3v) is 4.84. The van der Waals surface area contributed by atoms with Gasteiger partial charge < -0.3 is 4.90 Å². The number of nitrogens with zero attached hydrogens (tertiary/aromatic N) is 1. The van der Waals surface area contributed by atoms with Crippen LogP contribution in [0.2, 0.25) is 0 Å². The first-order valence-corrected chi connectivity index (χ1v) is 9.91. The van der Waals surface area contributed by atoms with Gasteiger partial charge in [-0.3, -0.25) is 4.79 Å². The fraction of sp³-hybridized carbons (Fsp3) is 0.933. The molecule has 1 aliphatic rings. The summed E-state index contributed by atoms with van der Waals surface area (Å²) in [6, 6.07) is 0. The Morgan fingerprint density at radius 3 is 2.77 bits per heavy atom. The summed E-state index contributed by atoms with van der Waals surface area (Å²) < 4.78 is 24.2. The molecule has 0 aromatic heterocycles. The first-order valence-electron chi connectivity index (χ1n) is 8.37. The van der Waals surface area contributed by atoms with Gasteiger partial charge in [-0.2, -0.15) is 8.42 Å². The molecule has 0 spiro atoms. The standard InChI is InChI=1S/C15H31N3O3S/c1-3-4-5-7-13(2)10-15(19)18-9-6-8-14(12-18)11-17-22(16,20)21/h13-14,17H,3-12H2,1-2H3,(H2,16,20,21). The number of rotatable bonds is 9. The summed E-state index contributed by atoms with van der Waals surface area (Å²) in [6.45, 7) is 6.04. The molecule has 0 bridgehead atoms. The van der Waals surface area contributed by atoms with E-state index in [0.29, 0.717) is 25.4 Å². The lowest BCUT2D eigenvalue weighted by atomic mass is 9.95. The van der Waals surface area contributed by atoms with Crippen molar-refractivity contribution in [2.24, 2.45) is 17.0 Å². The van der Waals surface area contributed by atoms with Gasteiger partial charge >= 0.3 is 0 Å². The van der Waals surface area contributed by atoms with Crippen LogP contribution in [-0.4, -0.2) is 38.9 Å². The number of unbranched alkanes of at least 4 members (excludes halogenated alkanes) is 2. The van der Waals surface area contributed by atoms with Crippen LogP contribution in [0.15, 0.2) is 0 Å². The highest BCUT2D eigenvalue weighted by atomic mass is 32.2. The predicted molar refractivity (Wildman–Crippen MR) is 88.3 cm³/mol. The van der Waals surface area contributed by atoms with Gasteiger partial charge in [0.25, 0.3) is 10.2 Å². The molecule has 7 heteroatoms. The molecule has 22 heavy (non-hydrogen) atoms. The Morgan fingerprint density at radius 1 is 1.41 bits per heavy atom. The Hall–Kier alpha value is -0.660. The molecule has 1 rings (SSSR count). The quantitative estimate of drug-likeness (QED) is 0.628. The summed E-state index contributed by atoms with van der Waals surface area (Å²) in [6.07, 6.45) is 7.16. The average Bonchev–Trinajstić information content (AvgIpc) is 2.45. The lowest BCUT2D eigenvalue weighted by Crippen LogP contribution is -2.45. The van der Waals surface area contributed by atoms with Crippen molar-refractivity contribution in [1.29, 1.82) is 0 Å². The Labute approximate surface area is 135 Å². The highest BCUT2D eigenvalue weighted by Crippen LogP contribution is 2.20. The van der Waals surface area contributed by atoms with Crippen molar-refractivity contribution < 1.29 is 13.2 Å². The number of hydrogen-bond donors (Lipinski definition) is 2. The molecule has 1 saturated heterocycles. The molecule has 1 fully saturated rings. The number of piperidine rings is 1. The van der Waals surface area contributed by atoms with E-state index in [1.807, 2.05) is 4.90 Å². The van der Waals surface area contributed by atoms with Crippen LogP contribution in [0.1, 0.15) is 58.8 Å². The zero-order valence-electron chi connectivity index (χ0n) is 13.9. The number of hydrogen-bond acceptors (Lipinski definition) is 3. The zero-order chi connectivity index (χ0) is 16.6. The maximum Gasteiger partial charge on any atom is 0.274 e. The largest absolute Gasteiger partial charge is 0.342 e. The number of carbonyl (C=O) groups excluding carboxylic acids is 1. The molecular weight excluding hydrogens is 302 g/mol. The molecule has 1 amide bonds. The van der Waals surface area contributed by atoms with Gasteiger partial charge in [0.1, 0.15) is 0 Å². The second-order valence-electron chi connectivity index (χ2n) is 6.55. The Bertz CT molecular complexity index is 439. The van der Waals surface area contributed by atoms with E-state index in [1.54, 1.807) is 0 Å². The second kappa shape index (κ2) is 9.47. The fourth-order valence-electron chi connectivity index (χ4n) is 2.96. The SMILES string of the molecule is CCCCCC(C)CC(=O)N1CCCC(CNS(N)(=O)=O)C1. The van der Waals surface area contributed by atoms with Gasteiger partial charge in [0.05, 0.1) is 0 Å². The Balaban J connectivity index is 2.35. The second-order valence-corrected chi connectivity index (χ2v) is 7.93. The first kappa shape index (κ1) is 19.4. The third-order valence-electron chi connectivity index (χ3n) is 4.27. The van der Waals surface area contributed by atoms with E-state index in [9.17, 15) is 13.2 Å². The van der Waals surface area contributed by atoms with Crippen LogP contribution in [-0.2, 0) is 15.0 Å². The Kier molecular flexibility index (Phi) is 8.35. The maximum absolute atomic E-state index is 12.4. The van der Waals surface area contributed by atoms with Crippen molar-refractivity contribution in [3.63, 3.8) is 0 Å². The fourth-order valence-corrected chi connectivity index (χ4v) is 3.43. The summed E-state index contributed by atoms with van der Waals surface area (Å²) in [5.41, 5.74) is 0. The maximum atomic E-state index is 12.4. The molecule has 3 N–H and O–H groups in total. The van der Waals surface area contributed by atoms with Crippen LogP contribution in [0.5, 0.6) is 0 Å². The van der Waals surface area contributed by atoms with Crippen LogP contribution in [0, 0.1) is 11.8 Å². The molecule has 1 heterocycles. The van der Waals surface area contributed by atoms with Gasteiger partial charge in [0, 0.05) is 26.1 Å². The van der Waals surface area contributed by atoms with Crippen LogP contribution >= 0.6 is 0 Å². The van der Waals surface area contributed by atoms with E-state index >= 15 is 0 Å². The highest BCUT2D eigenvalue weighted by Gasteiger charge is 2.25. The van der Waals surface area contributed by atoms with Crippen LogP contribution in [0.25, 0.3) is 0 Å². The van der Waals surface area contributed by atoms with E-state index in [1.165, 1.54) is 19.3 Å².